The van der Waals surface area contributed by atoms with Crippen molar-refractivity contribution >= 4 is 0 Å². The highest BCUT2D eigenvalue weighted by molar-refractivity contribution is 5.28. The Balaban J connectivity index is 2.51. The number of benzene rings is 1. The average Bonchev–Trinajstić information content (AvgIpc) is 2.17. The Kier molecular flexibility index (Phi) is 4.81. The van der Waals surface area contributed by atoms with E-state index in [-0.39, 0.29) is 5.60 Å². The van der Waals surface area contributed by atoms with Crippen LogP contribution in [0.2, 0.25) is 0 Å². The molecule has 0 saturated carbocycles. The molecule has 1 N–H and O–H groups in total. The molecule has 90 valence electrons. The molecule has 0 spiro atoms. The molecule has 0 unspecified atom stereocenters. The molecular weight excluding hydrogens is 198 g/mol. The standard InChI is InChI=1S/C14H23NO/c1-5-9-15-11-14(3,4)16-13-8-6-7-12(2)10-13/h6-8,10,15H,5,9,11H2,1-4H3. The third-order valence-corrected chi connectivity index (χ3v) is 2.36. The highest BCUT2D eigenvalue weighted by Crippen LogP contribution is 2.18. The van der Waals surface area contributed by atoms with E-state index < -0.39 is 0 Å². The monoisotopic (exact) mass is 221 g/mol. The SMILES string of the molecule is CCCNCC(C)(C)Oc1cccc(C)c1. The Morgan fingerprint density at radius 1 is 1.31 bits per heavy atom. The summed E-state index contributed by atoms with van der Waals surface area (Å²) >= 11 is 0. The van der Waals surface area contributed by atoms with Crippen molar-refractivity contribution in [3.63, 3.8) is 0 Å². The maximum absolute atomic E-state index is 5.97. The molecule has 0 aromatic heterocycles. The van der Waals surface area contributed by atoms with Crippen LogP contribution in [0.3, 0.4) is 0 Å². The van der Waals surface area contributed by atoms with Crippen LogP contribution in [0.4, 0.5) is 0 Å². The van der Waals surface area contributed by atoms with Gasteiger partial charge in [0.15, 0.2) is 0 Å². The first kappa shape index (κ1) is 13.0. The minimum absolute atomic E-state index is 0.164. The second kappa shape index (κ2) is 5.90. The van der Waals surface area contributed by atoms with Gasteiger partial charge in [-0.05, 0) is 51.4 Å². The van der Waals surface area contributed by atoms with E-state index in [1.54, 1.807) is 0 Å². The summed E-state index contributed by atoms with van der Waals surface area (Å²) in [6, 6.07) is 8.19. The number of ether oxygens (including phenoxy) is 1. The lowest BCUT2D eigenvalue weighted by atomic mass is 10.1. The molecule has 1 aromatic carbocycles. The highest BCUT2D eigenvalue weighted by atomic mass is 16.5. The molecule has 0 aliphatic rings. The predicted molar refractivity (Wildman–Crippen MR) is 69.0 cm³/mol. The zero-order valence-electron chi connectivity index (χ0n) is 10.8. The Hall–Kier alpha value is -1.02. The van der Waals surface area contributed by atoms with Crippen LogP contribution in [0, 0.1) is 6.92 Å². The fourth-order valence-electron chi connectivity index (χ4n) is 1.60. The topological polar surface area (TPSA) is 21.3 Å². The van der Waals surface area contributed by atoms with E-state index in [9.17, 15) is 0 Å². The van der Waals surface area contributed by atoms with Gasteiger partial charge in [0.2, 0.25) is 0 Å². The zero-order valence-corrected chi connectivity index (χ0v) is 10.8. The van der Waals surface area contributed by atoms with Crippen LogP contribution < -0.4 is 10.1 Å². The number of hydrogen-bond donors (Lipinski definition) is 1. The third kappa shape index (κ3) is 4.67. The Bertz CT molecular complexity index is 320. The number of nitrogens with one attached hydrogen (secondary N) is 1. The van der Waals surface area contributed by atoms with Crippen molar-refractivity contribution in [3.05, 3.63) is 29.8 Å². The van der Waals surface area contributed by atoms with Crippen LogP contribution >= 0.6 is 0 Å². The molecule has 0 saturated heterocycles. The largest absolute Gasteiger partial charge is 0.487 e. The van der Waals surface area contributed by atoms with Crippen LogP contribution in [0.1, 0.15) is 32.8 Å². The lowest BCUT2D eigenvalue weighted by molar-refractivity contribution is 0.108. The van der Waals surface area contributed by atoms with Crippen LogP contribution in [0.5, 0.6) is 5.75 Å². The minimum Gasteiger partial charge on any atom is -0.487 e. The van der Waals surface area contributed by atoms with E-state index in [1.807, 2.05) is 12.1 Å². The van der Waals surface area contributed by atoms with Crippen molar-refractivity contribution in [2.75, 3.05) is 13.1 Å². The van der Waals surface area contributed by atoms with Crippen LogP contribution in [0.15, 0.2) is 24.3 Å². The first-order valence-corrected chi connectivity index (χ1v) is 6.00. The van der Waals surface area contributed by atoms with Crippen molar-refractivity contribution in [2.45, 2.75) is 39.7 Å². The molecular formula is C14H23NO. The average molecular weight is 221 g/mol. The molecule has 2 heteroatoms. The maximum atomic E-state index is 5.97. The second-order valence-corrected chi connectivity index (χ2v) is 4.86. The second-order valence-electron chi connectivity index (χ2n) is 4.86. The van der Waals surface area contributed by atoms with E-state index in [2.05, 4.69) is 45.1 Å². The summed E-state index contributed by atoms with van der Waals surface area (Å²) in [5.74, 6) is 0.947. The van der Waals surface area contributed by atoms with Gasteiger partial charge in [0.1, 0.15) is 11.4 Å². The zero-order chi connectivity index (χ0) is 12.0. The molecule has 1 rings (SSSR count). The molecule has 0 bridgehead atoms. The lowest BCUT2D eigenvalue weighted by Gasteiger charge is -2.27. The van der Waals surface area contributed by atoms with Crippen molar-refractivity contribution in [1.29, 1.82) is 0 Å². The van der Waals surface area contributed by atoms with E-state index >= 15 is 0 Å². The van der Waals surface area contributed by atoms with Gasteiger partial charge in [0.05, 0.1) is 0 Å². The Labute approximate surface area is 99.0 Å². The predicted octanol–water partition coefficient (Wildman–Crippen LogP) is 3.15. The third-order valence-electron chi connectivity index (χ3n) is 2.36. The summed E-state index contributed by atoms with van der Waals surface area (Å²) in [6.45, 7) is 10.4. The van der Waals surface area contributed by atoms with Gasteiger partial charge in [-0.3, -0.25) is 0 Å². The fraction of sp³-hybridized carbons (Fsp3) is 0.571. The van der Waals surface area contributed by atoms with Crippen molar-refractivity contribution < 1.29 is 4.74 Å². The number of rotatable bonds is 6. The van der Waals surface area contributed by atoms with Crippen LogP contribution in [-0.2, 0) is 0 Å². The van der Waals surface area contributed by atoms with Gasteiger partial charge >= 0.3 is 0 Å². The van der Waals surface area contributed by atoms with Gasteiger partial charge < -0.3 is 10.1 Å². The van der Waals surface area contributed by atoms with Crippen molar-refractivity contribution in [2.24, 2.45) is 0 Å². The molecule has 0 fully saturated rings. The fourth-order valence-corrected chi connectivity index (χ4v) is 1.60. The number of hydrogen-bond acceptors (Lipinski definition) is 2. The number of aryl methyl sites for hydroxylation is 1. The van der Waals surface area contributed by atoms with Crippen molar-refractivity contribution in [1.82, 2.24) is 5.32 Å². The molecule has 16 heavy (non-hydrogen) atoms. The summed E-state index contributed by atoms with van der Waals surface area (Å²) in [5, 5.41) is 3.39. The van der Waals surface area contributed by atoms with E-state index in [0.29, 0.717) is 0 Å². The molecule has 1 aromatic rings. The quantitative estimate of drug-likeness (QED) is 0.745. The molecule has 0 heterocycles. The summed E-state index contributed by atoms with van der Waals surface area (Å²) in [5.41, 5.74) is 1.07. The molecule has 2 nitrogen and oxygen atoms in total. The summed E-state index contributed by atoms with van der Waals surface area (Å²) in [6.07, 6.45) is 1.15. The minimum atomic E-state index is -0.164. The van der Waals surface area contributed by atoms with Gasteiger partial charge in [-0.2, -0.15) is 0 Å². The molecule has 0 aliphatic carbocycles. The van der Waals surface area contributed by atoms with Gasteiger partial charge in [-0.25, -0.2) is 0 Å². The molecule has 0 amide bonds. The van der Waals surface area contributed by atoms with E-state index in [0.717, 1.165) is 25.3 Å². The van der Waals surface area contributed by atoms with E-state index in [1.165, 1.54) is 5.56 Å². The normalized spacial score (nSPS) is 11.5. The lowest BCUT2D eigenvalue weighted by Crippen LogP contribution is -2.40. The molecule has 0 radical (unpaired) electrons. The first-order chi connectivity index (χ1) is 7.53. The Morgan fingerprint density at radius 2 is 2.06 bits per heavy atom. The highest BCUT2D eigenvalue weighted by Gasteiger charge is 2.18. The summed E-state index contributed by atoms with van der Waals surface area (Å²) < 4.78 is 5.97. The first-order valence-electron chi connectivity index (χ1n) is 6.00. The Morgan fingerprint density at radius 3 is 2.69 bits per heavy atom. The summed E-state index contributed by atoms with van der Waals surface area (Å²) in [4.78, 5) is 0. The van der Waals surface area contributed by atoms with Crippen molar-refractivity contribution in [3.8, 4) is 5.75 Å². The van der Waals surface area contributed by atoms with Crippen LogP contribution in [-0.4, -0.2) is 18.7 Å². The molecule has 0 aliphatic heterocycles. The van der Waals surface area contributed by atoms with Crippen LogP contribution in [0.25, 0.3) is 0 Å². The van der Waals surface area contributed by atoms with Gasteiger partial charge in [-0.1, -0.05) is 19.1 Å². The van der Waals surface area contributed by atoms with Gasteiger partial charge in [-0.15, -0.1) is 0 Å². The summed E-state index contributed by atoms with van der Waals surface area (Å²) in [7, 11) is 0. The van der Waals surface area contributed by atoms with Gasteiger partial charge in [0, 0.05) is 6.54 Å². The van der Waals surface area contributed by atoms with E-state index in [4.69, 9.17) is 4.74 Å². The smallest absolute Gasteiger partial charge is 0.120 e. The van der Waals surface area contributed by atoms with Gasteiger partial charge in [0.25, 0.3) is 0 Å². The maximum Gasteiger partial charge on any atom is 0.120 e. The molecule has 0 atom stereocenters.